The predicted molar refractivity (Wildman–Crippen MR) is 81.1 cm³/mol. The van der Waals surface area contributed by atoms with Gasteiger partial charge in [0.25, 0.3) is 0 Å². The Kier molecular flexibility index (Phi) is 2.75. The highest BCUT2D eigenvalue weighted by atomic mass is 19.1. The number of pyridine rings is 1. The molecule has 0 spiro atoms. The average molecular weight is 294 g/mol. The maximum atomic E-state index is 14.2. The van der Waals surface area contributed by atoms with Crippen molar-refractivity contribution in [1.82, 2.24) is 19.9 Å². The molecule has 0 saturated carbocycles. The molecule has 4 rings (SSSR count). The van der Waals surface area contributed by atoms with Crippen molar-refractivity contribution >= 4 is 22.1 Å². The van der Waals surface area contributed by atoms with E-state index in [0.29, 0.717) is 22.7 Å². The van der Waals surface area contributed by atoms with Gasteiger partial charge in [-0.3, -0.25) is 4.98 Å². The smallest absolute Gasteiger partial charge is 0.162 e. The lowest BCUT2D eigenvalue weighted by Crippen LogP contribution is -1.93. The molecule has 108 valence electrons. The van der Waals surface area contributed by atoms with Crippen LogP contribution in [0.2, 0.25) is 0 Å². The first-order chi connectivity index (χ1) is 10.8. The summed E-state index contributed by atoms with van der Waals surface area (Å²) in [5.41, 5.74) is 3.39. The summed E-state index contributed by atoms with van der Waals surface area (Å²) >= 11 is 0. The van der Waals surface area contributed by atoms with Crippen molar-refractivity contribution in [2.24, 2.45) is 0 Å². The number of aromatic amines is 1. The molecule has 3 aromatic heterocycles. The summed E-state index contributed by atoms with van der Waals surface area (Å²) in [5, 5.41) is 0. The van der Waals surface area contributed by atoms with Crippen molar-refractivity contribution < 1.29 is 9.13 Å². The molecule has 0 unspecified atom stereocenters. The molecule has 0 aliphatic heterocycles. The maximum Gasteiger partial charge on any atom is 0.162 e. The van der Waals surface area contributed by atoms with Crippen LogP contribution in [-0.4, -0.2) is 27.0 Å². The zero-order valence-corrected chi connectivity index (χ0v) is 11.7. The number of H-pyrrole nitrogens is 1. The third kappa shape index (κ3) is 1.88. The second-order valence-corrected chi connectivity index (χ2v) is 4.83. The van der Waals surface area contributed by atoms with Crippen LogP contribution >= 0.6 is 0 Å². The molecule has 1 aromatic carbocycles. The first-order valence-electron chi connectivity index (χ1n) is 6.69. The molecule has 5 nitrogen and oxygen atoms in total. The highest BCUT2D eigenvalue weighted by Gasteiger charge is 2.13. The molecule has 0 atom stereocenters. The molecular formula is C16H11FN4O. The SMILES string of the molecule is COc1ccc(-c2ncc3[nH]c4cccnc4c3n2)c(F)c1. The zero-order chi connectivity index (χ0) is 15.1. The number of fused-ring (bicyclic) bond motifs is 3. The molecular weight excluding hydrogens is 283 g/mol. The van der Waals surface area contributed by atoms with Gasteiger partial charge in [0.1, 0.15) is 22.6 Å². The van der Waals surface area contributed by atoms with Crippen LogP contribution in [0.3, 0.4) is 0 Å². The number of hydrogen-bond donors (Lipinski definition) is 1. The first kappa shape index (κ1) is 12.7. The van der Waals surface area contributed by atoms with E-state index in [-0.39, 0.29) is 0 Å². The Balaban J connectivity index is 1.94. The summed E-state index contributed by atoms with van der Waals surface area (Å²) in [4.78, 5) is 16.2. The summed E-state index contributed by atoms with van der Waals surface area (Å²) in [5.74, 6) is 0.349. The summed E-state index contributed by atoms with van der Waals surface area (Å²) < 4.78 is 19.2. The molecule has 0 aliphatic carbocycles. The molecule has 0 fully saturated rings. The number of hydrogen-bond acceptors (Lipinski definition) is 4. The number of benzene rings is 1. The van der Waals surface area contributed by atoms with E-state index in [1.807, 2.05) is 12.1 Å². The number of nitrogens with one attached hydrogen (secondary N) is 1. The van der Waals surface area contributed by atoms with Crippen molar-refractivity contribution in [2.75, 3.05) is 7.11 Å². The van der Waals surface area contributed by atoms with Gasteiger partial charge in [-0.1, -0.05) is 0 Å². The molecule has 3 heterocycles. The Morgan fingerprint density at radius 1 is 1.09 bits per heavy atom. The molecule has 0 amide bonds. The van der Waals surface area contributed by atoms with Crippen LogP contribution in [0.5, 0.6) is 5.75 Å². The van der Waals surface area contributed by atoms with Gasteiger partial charge >= 0.3 is 0 Å². The lowest BCUT2D eigenvalue weighted by molar-refractivity contribution is 0.411. The van der Waals surface area contributed by atoms with Crippen molar-refractivity contribution in [1.29, 1.82) is 0 Å². The van der Waals surface area contributed by atoms with Gasteiger partial charge in [-0.25, -0.2) is 14.4 Å². The minimum absolute atomic E-state index is 0.319. The molecule has 0 radical (unpaired) electrons. The van der Waals surface area contributed by atoms with Crippen molar-refractivity contribution in [2.45, 2.75) is 0 Å². The van der Waals surface area contributed by atoms with Gasteiger partial charge < -0.3 is 9.72 Å². The molecule has 0 bridgehead atoms. The van der Waals surface area contributed by atoms with E-state index < -0.39 is 5.82 Å². The Hall–Kier alpha value is -3.02. The largest absolute Gasteiger partial charge is 0.497 e. The number of halogens is 1. The van der Waals surface area contributed by atoms with E-state index in [2.05, 4.69) is 19.9 Å². The summed E-state index contributed by atoms with van der Waals surface area (Å²) in [6, 6.07) is 8.36. The van der Waals surface area contributed by atoms with Crippen LogP contribution in [-0.2, 0) is 0 Å². The van der Waals surface area contributed by atoms with Crippen molar-refractivity contribution in [3.05, 3.63) is 48.5 Å². The number of aromatic nitrogens is 4. The number of nitrogens with zero attached hydrogens (tertiary/aromatic N) is 3. The number of methoxy groups -OCH3 is 1. The standard InChI is InChI=1S/C16H11FN4O/c1-22-9-4-5-10(11(17)7-9)16-19-8-13-15(21-16)14-12(20-13)3-2-6-18-14/h2-8,20H,1H3. The Labute approximate surface area is 124 Å². The second kappa shape index (κ2) is 4.77. The van der Waals surface area contributed by atoms with Crippen LogP contribution in [0.25, 0.3) is 33.5 Å². The highest BCUT2D eigenvalue weighted by molar-refractivity contribution is 6.02. The minimum atomic E-state index is -0.425. The third-order valence-electron chi connectivity index (χ3n) is 3.51. The maximum absolute atomic E-state index is 14.2. The monoisotopic (exact) mass is 294 g/mol. The third-order valence-corrected chi connectivity index (χ3v) is 3.51. The summed E-state index contributed by atoms with van der Waals surface area (Å²) in [6.45, 7) is 0. The fourth-order valence-corrected chi connectivity index (χ4v) is 2.43. The fraction of sp³-hybridized carbons (Fsp3) is 0.0625. The van der Waals surface area contributed by atoms with Crippen LogP contribution in [0, 0.1) is 5.82 Å². The molecule has 0 aliphatic rings. The Bertz CT molecular complexity index is 996. The van der Waals surface area contributed by atoms with Gasteiger partial charge in [0.15, 0.2) is 5.82 Å². The summed E-state index contributed by atoms with van der Waals surface area (Å²) in [6.07, 6.45) is 3.34. The average Bonchev–Trinajstić information content (AvgIpc) is 2.92. The quantitative estimate of drug-likeness (QED) is 0.616. The first-order valence-corrected chi connectivity index (χ1v) is 6.69. The Morgan fingerprint density at radius 3 is 2.82 bits per heavy atom. The molecule has 0 saturated heterocycles. The van der Waals surface area contributed by atoms with Gasteiger partial charge in [0.2, 0.25) is 0 Å². The van der Waals surface area contributed by atoms with E-state index >= 15 is 0 Å². The van der Waals surface area contributed by atoms with Gasteiger partial charge in [-0.15, -0.1) is 0 Å². The van der Waals surface area contributed by atoms with Gasteiger partial charge in [-0.2, -0.15) is 0 Å². The fourth-order valence-electron chi connectivity index (χ4n) is 2.43. The lowest BCUT2D eigenvalue weighted by atomic mass is 10.2. The molecule has 4 aromatic rings. The molecule has 22 heavy (non-hydrogen) atoms. The van der Waals surface area contributed by atoms with E-state index in [4.69, 9.17) is 4.74 Å². The van der Waals surface area contributed by atoms with Gasteiger partial charge in [0.05, 0.1) is 29.9 Å². The lowest BCUT2D eigenvalue weighted by Gasteiger charge is -2.04. The van der Waals surface area contributed by atoms with Gasteiger partial charge in [-0.05, 0) is 24.3 Å². The molecule has 6 heteroatoms. The van der Waals surface area contributed by atoms with E-state index in [0.717, 1.165) is 16.6 Å². The van der Waals surface area contributed by atoms with E-state index in [1.165, 1.54) is 13.2 Å². The van der Waals surface area contributed by atoms with Crippen LogP contribution in [0.1, 0.15) is 0 Å². The molecule has 1 N–H and O–H groups in total. The van der Waals surface area contributed by atoms with Crippen LogP contribution < -0.4 is 4.74 Å². The number of rotatable bonds is 2. The minimum Gasteiger partial charge on any atom is -0.497 e. The van der Waals surface area contributed by atoms with E-state index in [1.54, 1.807) is 24.5 Å². The Morgan fingerprint density at radius 2 is 2.00 bits per heavy atom. The topological polar surface area (TPSA) is 63.7 Å². The predicted octanol–water partition coefficient (Wildman–Crippen LogP) is 3.32. The van der Waals surface area contributed by atoms with Gasteiger partial charge in [0, 0.05) is 12.3 Å². The van der Waals surface area contributed by atoms with Crippen molar-refractivity contribution in [3.63, 3.8) is 0 Å². The van der Waals surface area contributed by atoms with E-state index in [9.17, 15) is 4.39 Å². The second-order valence-electron chi connectivity index (χ2n) is 4.83. The summed E-state index contributed by atoms with van der Waals surface area (Å²) in [7, 11) is 1.49. The zero-order valence-electron chi connectivity index (χ0n) is 11.7. The number of ether oxygens (including phenoxy) is 1. The normalized spacial score (nSPS) is 11.2. The van der Waals surface area contributed by atoms with Crippen LogP contribution in [0.4, 0.5) is 4.39 Å². The van der Waals surface area contributed by atoms with Crippen LogP contribution in [0.15, 0.2) is 42.7 Å². The van der Waals surface area contributed by atoms with Crippen molar-refractivity contribution in [3.8, 4) is 17.1 Å². The highest BCUT2D eigenvalue weighted by Crippen LogP contribution is 2.27.